The zero-order chi connectivity index (χ0) is 12.4. The second-order valence-electron chi connectivity index (χ2n) is 2.88. The molecule has 0 saturated heterocycles. The number of aliphatic carboxylic acids is 1. The van der Waals surface area contributed by atoms with E-state index in [0.29, 0.717) is 6.92 Å². The number of carbonyl (C=O) groups is 2. The van der Waals surface area contributed by atoms with Gasteiger partial charge in [-0.25, -0.2) is 0 Å². The van der Waals surface area contributed by atoms with Gasteiger partial charge in [-0.15, -0.1) is 0 Å². The third-order valence-corrected chi connectivity index (χ3v) is 1.73. The smallest absolute Gasteiger partial charge is 0.454 e. The number of Topliss-reactive ketones (excluding diaryl/α,β-unsaturated/α-hetero) is 1. The molecule has 0 fully saturated rings. The van der Waals surface area contributed by atoms with Gasteiger partial charge >= 0.3 is 18.1 Å². The summed E-state index contributed by atoms with van der Waals surface area (Å²) in [5.74, 6) is -11.3. The van der Waals surface area contributed by atoms with E-state index in [9.17, 15) is 31.5 Å². The Hall–Kier alpha value is -1.21. The molecule has 0 saturated carbocycles. The van der Waals surface area contributed by atoms with Crippen LogP contribution in [0.25, 0.3) is 0 Å². The van der Waals surface area contributed by atoms with Crippen molar-refractivity contribution in [3.63, 3.8) is 0 Å². The van der Waals surface area contributed by atoms with Gasteiger partial charge in [0.2, 0.25) is 0 Å². The SMILES string of the molecule is CC(C(=O)CC(=O)O)C(F)(F)C(F)(F)F. The summed E-state index contributed by atoms with van der Waals surface area (Å²) in [6.07, 6.45) is -7.21. The number of alkyl halides is 5. The highest BCUT2D eigenvalue weighted by atomic mass is 19.4. The molecule has 0 rings (SSSR count). The first-order chi connectivity index (χ1) is 6.50. The van der Waals surface area contributed by atoms with E-state index in [1.165, 1.54) is 0 Å². The Morgan fingerprint density at radius 1 is 1.20 bits per heavy atom. The van der Waals surface area contributed by atoms with Crippen LogP contribution in [0, 0.1) is 5.92 Å². The van der Waals surface area contributed by atoms with E-state index in [2.05, 4.69) is 0 Å². The molecule has 15 heavy (non-hydrogen) atoms. The number of carboxylic acids is 1. The lowest BCUT2D eigenvalue weighted by molar-refractivity contribution is -0.296. The Morgan fingerprint density at radius 2 is 1.60 bits per heavy atom. The van der Waals surface area contributed by atoms with Gasteiger partial charge in [-0.3, -0.25) is 9.59 Å². The molecule has 88 valence electrons. The van der Waals surface area contributed by atoms with Crippen molar-refractivity contribution in [2.24, 2.45) is 5.92 Å². The second kappa shape index (κ2) is 4.11. The first-order valence-corrected chi connectivity index (χ1v) is 3.69. The lowest BCUT2D eigenvalue weighted by Gasteiger charge is -2.24. The molecule has 0 aromatic heterocycles. The van der Waals surface area contributed by atoms with Crippen LogP contribution in [0.4, 0.5) is 22.0 Å². The third-order valence-electron chi connectivity index (χ3n) is 1.73. The molecule has 1 N–H and O–H groups in total. The van der Waals surface area contributed by atoms with Gasteiger partial charge < -0.3 is 5.11 Å². The Balaban J connectivity index is 4.77. The lowest BCUT2D eigenvalue weighted by Crippen LogP contribution is -2.45. The fourth-order valence-electron chi connectivity index (χ4n) is 0.750. The fourth-order valence-corrected chi connectivity index (χ4v) is 0.750. The van der Waals surface area contributed by atoms with Crippen molar-refractivity contribution >= 4 is 11.8 Å². The molecular weight excluding hydrogens is 227 g/mol. The normalized spacial score (nSPS) is 14.8. The summed E-state index contributed by atoms with van der Waals surface area (Å²) in [7, 11) is 0. The molecular formula is C7H7F5O3. The van der Waals surface area contributed by atoms with E-state index in [0.717, 1.165) is 0 Å². The summed E-state index contributed by atoms with van der Waals surface area (Å²) in [5, 5.41) is 8.05. The van der Waals surface area contributed by atoms with E-state index in [1.807, 2.05) is 0 Å². The molecule has 1 unspecified atom stereocenters. The zero-order valence-electron chi connectivity index (χ0n) is 7.44. The quantitative estimate of drug-likeness (QED) is 0.596. The summed E-state index contributed by atoms with van der Waals surface area (Å²) >= 11 is 0. The monoisotopic (exact) mass is 234 g/mol. The summed E-state index contributed by atoms with van der Waals surface area (Å²) < 4.78 is 60.2. The Kier molecular flexibility index (Phi) is 3.78. The molecule has 0 heterocycles. The Labute approximate surface area is 80.9 Å². The van der Waals surface area contributed by atoms with Gasteiger partial charge in [0.15, 0.2) is 5.78 Å². The van der Waals surface area contributed by atoms with Crippen LogP contribution in [0.3, 0.4) is 0 Å². The minimum atomic E-state index is -5.86. The highest BCUT2D eigenvalue weighted by Crippen LogP contribution is 2.41. The predicted molar refractivity (Wildman–Crippen MR) is 37.4 cm³/mol. The average Bonchev–Trinajstić information content (AvgIpc) is 1.99. The van der Waals surface area contributed by atoms with Crippen LogP contribution < -0.4 is 0 Å². The summed E-state index contributed by atoms with van der Waals surface area (Å²) in [6, 6.07) is 0. The van der Waals surface area contributed by atoms with Crippen LogP contribution in [-0.2, 0) is 9.59 Å². The molecule has 3 nitrogen and oxygen atoms in total. The average molecular weight is 234 g/mol. The van der Waals surface area contributed by atoms with Gasteiger partial charge in [0.25, 0.3) is 0 Å². The van der Waals surface area contributed by atoms with Crippen molar-refractivity contribution in [3.05, 3.63) is 0 Å². The molecule has 0 aromatic carbocycles. The highest BCUT2D eigenvalue weighted by molar-refractivity contribution is 5.96. The van der Waals surface area contributed by atoms with Crippen molar-refractivity contribution < 1.29 is 36.6 Å². The van der Waals surface area contributed by atoms with Crippen LogP contribution in [0.15, 0.2) is 0 Å². The summed E-state index contributed by atoms with van der Waals surface area (Å²) in [4.78, 5) is 20.6. The number of hydrogen-bond acceptors (Lipinski definition) is 2. The van der Waals surface area contributed by atoms with Gasteiger partial charge in [-0.2, -0.15) is 22.0 Å². The van der Waals surface area contributed by atoms with Gasteiger partial charge in [-0.05, 0) is 6.92 Å². The van der Waals surface area contributed by atoms with Crippen LogP contribution in [0.5, 0.6) is 0 Å². The molecule has 0 aliphatic carbocycles. The van der Waals surface area contributed by atoms with Gasteiger partial charge in [0.05, 0.1) is 5.92 Å². The van der Waals surface area contributed by atoms with E-state index >= 15 is 0 Å². The molecule has 0 aliphatic heterocycles. The number of halogens is 5. The minimum absolute atomic E-state index is 0.346. The number of rotatable bonds is 4. The van der Waals surface area contributed by atoms with Gasteiger partial charge in [0.1, 0.15) is 6.42 Å². The van der Waals surface area contributed by atoms with E-state index in [4.69, 9.17) is 5.11 Å². The molecule has 0 aromatic rings. The van der Waals surface area contributed by atoms with Crippen LogP contribution in [-0.4, -0.2) is 29.0 Å². The van der Waals surface area contributed by atoms with Crippen molar-refractivity contribution in [3.8, 4) is 0 Å². The standard InChI is InChI=1S/C7H7F5O3/c1-3(4(13)2-5(14)15)6(8,9)7(10,11)12/h3H,2H2,1H3,(H,14,15). The van der Waals surface area contributed by atoms with E-state index in [-0.39, 0.29) is 0 Å². The maximum atomic E-state index is 12.5. The second-order valence-corrected chi connectivity index (χ2v) is 2.88. The number of carboxylic acid groups (broad SMARTS) is 1. The first kappa shape index (κ1) is 13.8. The molecule has 1 atom stereocenters. The molecule has 0 bridgehead atoms. The zero-order valence-corrected chi connectivity index (χ0v) is 7.44. The van der Waals surface area contributed by atoms with E-state index in [1.54, 1.807) is 0 Å². The van der Waals surface area contributed by atoms with Crippen molar-refractivity contribution in [2.45, 2.75) is 25.4 Å². The summed E-state index contributed by atoms with van der Waals surface area (Å²) in [6.45, 7) is 0.346. The molecule has 0 spiro atoms. The summed E-state index contributed by atoms with van der Waals surface area (Å²) in [5.41, 5.74) is 0. The highest BCUT2D eigenvalue weighted by Gasteiger charge is 2.62. The molecule has 0 radical (unpaired) electrons. The topological polar surface area (TPSA) is 54.4 Å². The van der Waals surface area contributed by atoms with Crippen LogP contribution in [0.2, 0.25) is 0 Å². The lowest BCUT2D eigenvalue weighted by atomic mass is 9.96. The van der Waals surface area contributed by atoms with Crippen LogP contribution >= 0.6 is 0 Å². The molecule has 0 amide bonds. The van der Waals surface area contributed by atoms with Crippen molar-refractivity contribution in [1.82, 2.24) is 0 Å². The minimum Gasteiger partial charge on any atom is -0.481 e. The Bertz CT molecular complexity index is 270. The van der Waals surface area contributed by atoms with Gasteiger partial charge in [0, 0.05) is 0 Å². The van der Waals surface area contributed by atoms with Crippen molar-refractivity contribution in [1.29, 1.82) is 0 Å². The number of ketones is 1. The molecule has 0 aliphatic rings. The largest absolute Gasteiger partial charge is 0.481 e. The number of hydrogen-bond donors (Lipinski definition) is 1. The van der Waals surface area contributed by atoms with Crippen LogP contribution in [0.1, 0.15) is 13.3 Å². The fraction of sp³-hybridized carbons (Fsp3) is 0.714. The predicted octanol–water partition coefficient (Wildman–Crippen LogP) is 1.86. The molecule has 8 heteroatoms. The number of carbonyl (C=O) groups excluding carboxylic acids is 1. The maximum Gasteiger partial charge on any atom is 0.454 e. The van der Waals surface area contributed by atoms with E-state index < -0.39 is 36.2 Å². The Morgan fingerprint density at radius 3 is 1.87 bits per heavy atom. The third kappa shape index (κ3) is 3.14. The maximum absolute atomic E-state index is 12.5. The first-order valence-electron chi connectivity index (χ1n) is 3.69. The van der Waals surface area contributed by atoms with Crippen molar-refractivity contribution in [2.75, 3.05) is 0 Å². The van der Waals surface area contributed by atoms with Gasteiger partial charge in [-0.1, -0.05) is 0 Å².